The Bertz CT molecular complexity index is 680. The van der Waals surface area contributed by atoms with E-state index in [9.17, 15) is 18.0 Å². The Morgan fingerprint density at radius 2 is 2.05 bits per heavy atom. The first-order valence-electron chi connectivity index (χ1n) is 5.96. The van der Waals surface area contributed by atoms with E-state index in [1.165, 1.54) is 23.9 Å². The molecule has 0 fully saturated rings. The average molecular weight is 318 g/mol. The minimum atomic E-state index is -4.47. The van der Waals surface area contributed by atoms with Gasteiger partial charge in [-0.3, -0.25) is 4.79 Å². The van der Waals surface area contributed by atoms with Crippen LogP contribution in [0.1, 0.15) is 19.4 Å². The number of aromatic nitrogens is 2. The maximum Gasteiger partial charge on any atom is 0.417 e. The van der Waals surface area contributed by atoms with E-state index in [4.69, 9.17) is 0 Å². The number of hydrogen-bond donors (Lipinski definition) is 0. The largest absolute Gasteiger partial charge is 0.468 e. The summed E-state index contributed by atoms with van der Waals surface area (Å²) in [5.74, 6) is -0.519. The van der Waals surface area contributed by atoms with Crippen molar-refractivity contribution in [1.82, 2.24) is 9.38 Å². The molecule has 0 aliphatic carbocycles. The number of halogens is 3. The van der Waals surface area contributed by atoms with Gasteiger partial charge in [0, 0.05) is 18.6 Å². The monoisotopic (exact) mass is 318 g/mol. The third-order valence-corrected chi connectivity index (χ3v) is 4.02. The van der Waals surface area contributed by atoms with Gasteiger partial charge in [0.25, 0.3) is 0 Å². The maximum absolute atomic E-state index is 12.9. The number of rotatable bonds is 3. The van der Waals surface area contributed by atoms with Gasteiger partial charge in [0.1, 0.15) is 10.4 Å². The molecule has 8 heteroatoms. The summed E-state index contributed by atoms with van der Waals surface area (Å²) >= 11 is 0.985. The summed E-state index contributed by atoms with van der Waals surface area (Å²) in [6.45, 7) is 3.17. The molecule has 0 saturated carbocycles. The number of nitrogens with zero attached hydrogens (tertiary/aromatic N) is 2. The third kappa shape index (κ3) is 3.15. The second kappa shape index (κ2) is 5.25. The standard InChI is InChI=1S/C13H13F3N2O2S/c1-12(2,11(19)20-3)21-9-6-8(13(14,15)16)7-18-5-4-17-10(9)18/h4-7H,1-3H3. The number of carbonyl (C=O) groups excluding carboxylic acids is 1. The summed E-state index contributed by atoms with van der Waals surface area (Å²) in [7, 11) is 1.24. The zero-order chi connectivity index (χ0) is 15.8. The predicted octanol–water partition coefficient (Wildman–Crippen LogP) is 3.40. The number of fused-ring (bicyclic) bond motifs is 1. The van der Waals surface area contributed by atoms with Gasteiger partial charge in [-0.2, -0.15) is 13.2 Å². The van der Waals surface area contributed by atoms with Gasteiger partial charge < -0.3 is 9.14 Å². The molecule has 0 amide bonds. The molecule has 2 aromatic heterocycles. The smallest absolute Gasteiger partial charge is 0.417 e. The molecular formula is C13H13F3N2O2S. The quantitative estimate of drug-likeness (QED) is 0.643. The number of pyridine rings is 1. The molecule has 0 atom stereocenters. The summed E-state index contributed by atoms with van der Waals surface area (Å²) in [5.41, 5.74) is -0.429. The first-order valence-corrected chi connectivity index (χ1v) is 6.78. The zero-order valence-corrected chi connectivity index (χ0v) is 12.4. The Kier molecular flexibility index (Phi) is 3.92. The molecule has 0 saturated heterocycles. The minimum Gasteiger partial charge on any atom is -0.468 e. The Morgan fingerprint density at radius 1 is 1.38 bits per heavy atom. The Labute approximate surface area is 123 Å². The zero-order valence-electron chi connectivity index (χ0n) is 11.6. The predicted molar refractivity (Wildman–Crippen MR) is 72.1 cm³/mol. The first-order chi connectivity index (χ1) is 9.65. The van der Waals surface area contributed by atoms with E-state index in [1.54, 1.807) is 13.8 Å². The average Bonchev–Trinajstić information content (AvgIpc) is 2.84. The molecule has 0 aliphatic rings. The lowest BCUT2D eigenvalue weighted by Gasteiger charge is -2.21. The van der Waals surface area contributed by atoms with Crippen LogP contribution in [0.5, 0.6) is 0 Å². The van der Waals surface area contributed by atoms with Crippen LogP contribution in [0.15, 0.2) is 29.6 Å². The molecule has 0 radical (unpaired) electrons. The number of methoxy groups -OCH3 is 1. The SMILES string of the molecule is COC(=O)C(C)(C)Sc1cc(C(F)(F)F)cn2ccnc12. The van der Waals surface area contributed by atoms with Crippen molar-refractivity contribution in [3.05, 3.63) is 30.2 Å². The number of alkyl halides is 3. The van der Waals surface area contributed by atoms with Gasteiger partial charge >= 0.3 is 12.1 Å². The summed E-state index contributed by atoms with van der Waals surface area (Å²) in [6.07, 6.45) is -0.662. The molecule has 0 N–H and O–H groups in total. The van der Waals surface area contributed by atoms with Crippen molar-refractivity contribution in [3.63, 3.8) is 0 Å². The molecule has 114 valence electrons. The van der Waals surface area contributed by atoms with Crippen LogP contribution in [0.25, 0.3) is 5.65 Å². The number of thioether (sulfide) groups is 1. The Hall–Kier alpha value is -1.70. The van der Waals surface area contributed by atoms with Crippen molar-refractivity contribution >= 4 is 23.4 Å². The van der Waals surface area contributed by atoms with E-state index >= 15 is 0 Å². The van der Waals surface area contributed by atoms with Gasteiger partial charge in [0.05, 0.1) is 17.6 Å². The fourth-order valence-electron chi connectivity index (χ4n) is 1.79. The van der Waals surface area contributed by atoms with Crippen LogP contribution >= 0.6 is 11.8 Å². The van der Waals surface area contributed by atoms with Crippen LogP contribution in [0.2, 0.25) is 0 Å². The van der Waals surface area contributed by atoms with Crippen LogP contribution in [0.4, 0.5) is 13.2 Å². The fraction of sp³-hybridized carbons (Fsp3) is 0.385. The van der Waals surface area contributed by atoms with Crippen molar-refractivity contribution in [1.29, 1.82) is 0 Å². The molecule has 2 rings (SSSR count). The van der Waals surface area contributed by atoms with Crippen molar-refractivity contribution in [2.45, 2.75) is 29.7 Å². The molecule has 0 bridgehead atoms. The summed E-state index contributed by atoms with van der Waals surface area (Å²) in [4.78, 5) is 16.0. The topological polar surface area (TPSA) is 43.6 Å². The van der Waals surface area contributed by atoms with Crippen LogP contribution in [-0.2, 0) is 15.7 Å². The highest BCUT2D eigenvalue weighted by atomic mass is 32.2. The van der Waals surface area contributed by atoms with Crippen LogP contribution in [0, 0.1) is 0 Å². The minimum absolute atomic E-state index is 0.269. The number of carbonyl (C=O) groups is 1. The van der Waals surface area contributed by atoms with E-state index in [0.29, 0.717) is 5.65 Å². The molecule has 0 aliphatic heterocycles. The normalized spacial score (nSPS) is 12.7. The summed E-state index contributed by atoms with van der Waals surface area (Å²) in [6, 6.07) is 0.998. The van der Waals surface area contributed by atoms with Gasteiger partial charge in [-0.15, -0.1) is 11.8 Å². The van der Waals surface area contributed by atoms with E-state index in [-0.39, 0.29) is 4.90 Å². The molecular weight excluding hydrogens is 305 g/mol. The molecule has 2 heterocycles. The van der Waals surface area contributed by atoms with Crippen LogP contribution < -0.4 is 0 Å². The highest BCUT2D eigenvalue weighted by molar-refractivity contribution is 8.01. The molecule has 0 aromatic carbocycles. The molecule has 0 unspecified atom stereocenters. The van der Waals surface area contributed by atoms with Gasteiger partial charge in [-0.1, -0.05) is 0 Å². The number of esters is 1. The summed E-state index contributed by atoms with van der Waals surface area (Å²) in [5, 5.41) is 0. The van der Waals surface area contributed by atoms with Gasteiger partial charge in [-0.25, -0.2) is 4.98 Å². The second-order valence-electron chi connectivity index (χ2n) is 4.85. The maximum atomic E-state index is 12.9. The van der Waals surface area contributed by atoms with E-state index in [0.717, 1.165) is 24.0 Å². The lowest BCUT2D eigenvalue weighted by Crippen LogP contribution is -2.29. The number of ether oxygens (including phenoxy) is 1. The lowest BCUT2D eigenvalue weighted by molar-refractivity contribution is -0.142. The first kappa shape index (κ1) is 15.7. The van der Waals surface area contributed by atoms with E-state index in [1.807, 2.05) is 0 Å². The van der Waals surface area contributed by atoms with Crippen molar-refractivity contribution in [2.24, 2.45) is 0 Å². The number of imidazole rings is 1. The van der Waals surface area contributed by atoms with Crippen molar-refractivity contribution in [2.75, 3.05) is 7.11 Å². The van der Waals surface area contributed by atoms with Crippen LogP contribution in [-0.4, -0.2) is 27.2 Å². The van der Waals surface area contributed by atoms with Gasteiger partial charge in [0.15, 0.2) is 0 Å². The van der Waals surface area contributed by atoms with E-state index in [2.05, 4.69) is 9.72 Å². The molecule has 2 aromatic rings. The molecule has 21 heavy (non-hydrogen) atoms. The third-order valence-electron chi connectivity index (χ3n) is 2.82. The van der Waals surface area contributed by atoms with Crippen molar-refractivity contribution in [3.8, 4) is 0 Å². The highest BCUT2D eigenvalue weighted by Crippen LogP contribution is 2.39. The Balaban J connectivity index is 2.52. The highest BCUT2D eigenvalue weighted by Gasteiger charge is 2.35. The van der Waals surface area contributed by atoms with Crippen molar-refractivity contribution < 1.29 is 22.7 Å². The van der Waals surface area contributed by atoms with E-state index < -0.39 is 22.5 Å². The van der Waals surface area contributed by atoms with Gasteiger partial charge in [0.2, 0.25) is 0 Å². The summed E-state index contributed by atoms with van der Waals surface area (Å²) < 4.78 is 43.7. The number of hydrogen-bond acceptors (Lipinski definition) is 4. The molecule has 0 spiro atoms. The Morgan fingerprint density at radius 3 is 2.62 bits per heavy atom. The lowest BCUT2D eigenvalue weighted by atomic mass is 10.2. The second-order valence-corrected chi connectivity index (χ2v) is 6.52. The fourth-order valence-corrected chi connectivity index (χ4v) is 2.95. The molecule has 4 nitrogen and oxygen atoms in total. The van der Waals surface area contributed by atoms with Gasteiger partial charge in [-0.05, 0) is 19.9 Å². The van der Waals surface area contributed by atoms with Crippen LogP contribution in [0.3, 0.4) is 0 Å².